The van der Waals surface area contributed by atoms with E-state index in [2.05, 4.69) is 6.92 Å². The first-order valence-corrected chi connectivity index (χ1v) is 7.26. The summed E-state index contributed by atoms with van der Waals surface area (Å²) >= 11 is 7.12. The second-order valence-electron chi connectivity index (χ2n) is 4.64. The van der Waals surface area contributed by atoms with Crippen molar-refractivity contribution in [2.24, 2.45) is 5.92 Å². The number of ether oxygens (including phenoxy) is 1. The van der Waals surface area contributed by atoms with E-state index >= 15 is 0 Å². The van der Waals surface area contributed by atoms with E-state index in [9.17, 15) is 4.79 Å². The Hall–Kier alpha value is -0.380. The summed E-state index contributed by atoms with van der Waals surface area (Å²) in [5.41, 5.74) is 0. The molecular formula is C13H17ClO2S. The van der Waals surface area contributed by atoms with Gasteiger partial charge in [0.1, 0.15) is 6.61 Å². The van der Waals surface area contributed by atoms with Crippen LogP contribution >= 0.6 is 22.9 Å². The van der Waals surface area contributed by atoms with Crippen molar-refractivity contribution in [2.75, 3.05) is 6.61 Å². The van der Waals surface area contributed by atoms with Gasteiger partial charge in [0.15, 0.2) is 5.78 Å². The lowest BCUT2D eigenvalue weighted by Gasteiger charge is -2.28. The highest BCUT2D eigenvalue weighted by Gasteiger charge is 2.23. The number of hydrogen-bond donors (Lipinski definition) is 0. The van der Waals surface area contributed by atoms with E-state index in [0.717, 1.165) is 6.42 Å². The average molecular weight is 273 g/mol. The normalized spacial score (nSPS) is 24.8. The van der Waals surface area contributed by atoms with Crippen LogP contribution in [-0.2, 0) is 4.74 Å². The van der Waals surface area contributed by atoms with Crippen LogP contribution in [0.25, 0.3) is 0 Å². The van der Waals surface area contributed by atoms with Crippen LogP contribution in [0.1, 0.15) is 42.3 Å². The Balaban J connectivity index is 1.83. The Labute approximate surface area is 111 Å². The third kappa shape index (κ3) is 3.54. The monoisotopic (exact) mass is 272 g/mol. The van der Waals surface area contributed by atoms with E-state index in [-0.39, 0.29) is 18.5 Å². The molecule has 0 spiro atoms. The van der Waals surface area contributed by atoms with Gasteiger partial charge in [0.25, 0.3) is 0 Å². The quantitative estimate of drug-likeness (QED) is 0.769. The first-order valence-electron chi connectivity index (χ1n) is 6.07. The zero-order valence-corrected chi connectivity index (χ0v) is 11.5. The van der Waals surface area contributed by atoms with Crippen LogP contribution in [-0.4, -0.2) is 18.5 Å². The van der Waals surface area contributed by atoms with Crippen LogP contribution in [0, 0.1) is 5.92 Å². The van der Waals surface area contributed by atoms with Crippen LogP contribution < -0.4 is 0 Å². The van der Waals surface area contributed by atoms with Gasteiger partial charge in [-0.05, 0) is 30.9 Å². The lowest BCUT2D eigenvalue weighted by molar-refractivity contribution is 0.000897. The van der Waals surface area contributed by atoms with Gasteiger partial charge in [-0.15, -0.1) is 11.3 Å². The molecule has 0 aliphatic heterocycles. The number of carbonyl (C=O) groups is 1. The highest BCUT2D eigenvalue weighted by atomic mass is 35.5. The first kappa shape index (κ1) is 13.1. The predicted molar refractivity (Wildman–Crippen MR) is 71.0 cm³/mol. The molecule has 2 rings (SSSR count). The van der Waals surface area contributed by atoms with E-state index < -0.39 is 0 Å². The zero-order chi connectivity index (χ0) is 12.3. The number of thiophene rings is 1. The Morgan fingerprint density at radius 2 is 2.24 bits per heavy atom. The summed E-state index contributed by atoms with van der Waals surface area (Å²) in [5.74, 6) is 0.614. The Morgan fingerprint density at radius 3 is 2.88 bits per heavy atom. The van der Waals surface area contributed by atoms with Gasteiger partial charge < -0.3 is 4.74 Å². The fraction of sp³-hybridized carbons (Fsp3) is 0.615. The predicted octanol–water partition coefficient (Wildman–Crippen LogP) is 4.18. The summed E-state index contributed by atoms with van der Waals surface area (Å²) in [4.78, 5) is 12.5. The Bertz CT molecular complexity index is 389. The molecule has 1 saturated carbocycles. The summed E-state index contributed by atoms with van der Waals surface area (Å²) in [6, 6.07) is 3.52. The van der Waals surface area contributed by atoms with Crippen molar-refractivity contribution in [1.82, 2.24) is 0 Å². The molecule has 94 valence electrons. The molecule has 1 aromatic rings. The van der Waals surface area contributed by atoms with Crippen molar-refractivity contribution in [2.45, 2.75) is 38.7 Å². The molecule has 1 heterocycles. The van der Waals surface area contributed by atoms with Gasteiger partial charge in [0.2, 0.25) is 0 Å². The molecule has 1 aliphatic carbocycles. The summed E-state index contributed by atoms with van der Waals surface area (Å²) in [7, 11) is 0. The molecule has 2 atom stereocenters. The van der Waals surface area contributed by atoms with Gasteiger partial charge in [-0.25, -0.2) is 0 Å². The van der Waals surface area contributed by atoms with Gasteiger partial charge in [0, 0.05) is 0 Å². The molecule has 2 nitrogen and oxygen atoms in total. The van der Waals surface area contributed by atoms with Crippen LogP contribution in [0.5, 0.6) is 0 Å². The maximum absolute atomic E-state index is 11.8. The summed E-state index contributed by atoms with van der Waals surface area (Å²) in [6.07, 6.45) is 5.05. The van der Waals surface area contributed by atoms with Gasteiger partial charge in [-0.3, -0.25) is 4.79 Å². The third-order valence-electron chi connectivity index (χ3n) is 3.31. The Kier molecular flexibility index (Phi) is 4.60. The number of carbonyl (C=O) groups excluding carboxylic acids is 1. The highest BCUT2D eigenvalue weighted by Crippen LogP contribution is 2.27. The molecule has 1 fully saturated rings. The lowest BCUT2D eigenvalue weighted by atomic mass is 9.88. The minimum absolute atomic E-state index is 0.0414. The van der Waals surface area contributed by atoms with Crippen LogP contribution in [0.2, 0.25) is 4.34 Å². The van der Waals surface area contributed by atoms with Crippen molar-refractivity contribution in [3.63, 3.8) is 0 Å². The van der Waals surface area contributed by atoms with Crippen LogP contribution in [0.15, 0.2) is 12.1 Å². The molecule has 4 heteroatoms. The zero-order valence-electron chi connectivity index (χ0n) is 9.95. The standard InChI is InChI=1S/C13H17ClO2S/c1-9-4-2-3-5-11(9)16-8-10(15)12-6-7-13(14)17-12/h6-7,9,11H,2-5,8H2,1H3. The molecule has 2 unspecified atom stereocenters. The van der Waals surface area contributed by atoms with Crippen molar-refractivity contribution in [3.05, 3.63) is 21.3 Å². The van der Waals surface area contributed by atoms with Crippen molar-refractivity contribution < 1.29 is 9.53 Å². The number of ketones is 1. The lowest BCUT2D eigenvalue weighted by Crippen LogP contribution is -2.27. The molecule has 0 saturated heterocycles. The van der Waals surface area contributed by atoms with E-state index in [0.29, 0.717) is 15.1 Å². The Morgan fingerprint density at radius 1 is 1.47 bits per heavy atom. The second-order valence-corrected chi connectivity index (χ2v) is 6.35. The molecule has 0 amide bonds. The van der Waals surface area contributed by atoms with Gasteiger partial charge in [-0.1, -0.05) is 31.4 Å². The average Bonchev–Trinajstić information content (AvgIpc) is 2.74. The largest absolute Gasteiger partial charge is 0.370 e. The minimum atomic E-state index is 0.0414. The topological polar surface area (TPSA) is 26.3 Å². The van der Waals surface area contributed by atoms with Gasteiger partial charge >= 0.3 is 0 Å². The summed E-state index contributed by atoms with van der Waals surface area (Å²) in [6.45, 7) is 2.39. The maximum atomic E-state index is 11.8. The number of Topliss-reactive ketones (excluding diaryl/α,β-unsaturated/α-hetero) is 1. The number of hydrogen-bond acceptors (Lipinski definition) is 3. The van der Waals surface area contributed by atoms with E-state index in [1.54, 1.807) is 12.1 Å². The van der Waals surface area contributed by atoms with Crippen LogP contribution in [0.4, 0.5) is 0 Å². The third-order valence-corrected chi connectivity index (χ3v) is 4.58. The molecule has 0 radical (unpaired) electrons. The van der Waals surface area contributed by atoms with E-state index in [4.69, 9.17) is 16.3 Å². The van der Waals surface area contributed by atoms with Crippen LogP contribution in [0.3, 0.4) is 0 Å². The molecule has 1 aromatic heterocycles. The highest BCUT2D eigenvalue weighted by molar-refractivity contribution is 7.18. The second kappa shape index (κ2) is 5.98. The summed E-state index contributed by atoms with van der Waals surface area (Å²) in [5, 5.41) is 0. The molecule has 17 heavy (non-hydrogen) atoms. The molecular weight excluding hydrogens is 256 g/mol. The van der Waals surface area contributed by atoms with Crippen molar-refractivity contribution in [1.29, 1.82) is 0 Å². The molecule has 0 bridgehead atoms. The van der Waals surface area contributed by atoms with Crippen molar-refractivity contribution >= 4 is 28.7 Å². The fourth-order valence-electron chi connectivity index (χ4n) is 2.25. The summed E-state index contributed by atoms with van der Waals surface area (Å²) < 4.78 is 6.39. The SMILES string of the molecule is CC1CCCCC1OCC(=O)c1ccc(Cl)s1. The number of rotatable bonds is 4. The molecule has 0 aromatic carbocycles. The fourth-order valence-corrected chi connectivity index (χ4v) is 3.22. The smallest absolute Gasteiger partial charge is 0.198 e. The minimum Gasteiger partial charge on any atom is -0.370 e. The number of halogens is 1. The van der Waals surface area contributed by atoms with E-state index in [1.165, 1.54) is 30.6 Å². The van der Waals surface area contributed by atoms with Gasteiger partial charge in [-0.2, -0.15) is 0 Å². The molecule has 1 aliphatic rings. The maximum Gasteiger partial charge on any atom is 0.198 e. The van der Waals surface area contributed by atoms with Gasteiger partial charge in [0.05, 0.1) is 15.3 Å². The van der Waals surface area contributed by atoms with Crippen molar-refractivity contribution in [3.8, 4) is 0 Å². The molecule has 0 N–H and O–H groups in total. The van der Waals surface area contributed by atoms with E-state index in [1.807, 2.05) is 0 Å². The first-order chi connectivity index (χ1) is 8.16.